The van der Waals surface area contributed by atoms with Gasteiger partial charge in [-0.25, -0.2) is 9.48 Å². The maximum atomic E-state index is 12.5. The van der Waals surface area contributed by atoms with Crippen LogP contribution in [0.15, 0.2) is 60.9 Å². The Balaban J connectivity index is 1.44. The van der Waals surface area contributed by atoms with Crippen LogP contribution in [-0.2, 0) is 9.53 Å². The second kappa shape index (κ2) is 8.57. The number of tetrazole rings is 1. The number of nitrogens with zero attached hydrogens (tertiary/aromatic N) is 6. The maximum Gasteiger partial charge on any atom is 0.340 e. The van der Waals surface area contributed by atoms with Gasteiger partial charge in [0.1, 0.15) is 6.33 Å². The molecule has 2 aromatic heterocycles. The van der Waals surface area contributed by atoms with Crippen molar-refractivity contribution >= 4 is 17.6 Å². The van der Waals surface area contributed by atoms with Crippen LogP contribution in [0.4, 0.5) is 5.69 Å². The van der Waals surface area contributed by atoms with Gasteiger partial charge in [0.25, 0.3) is 5.91 Å². The van der Waals surface area contributed by atoms with Gasteiger partial charge in [-0.1, -0.05) is 30.3 Å². The molecule has 0 saturated carbocycles. The third kappa shape index (κ3) is 4.17. The first-order chi connectivity index (χ1) is 15.0. The molecule has 0 saturated heterocycles. The van der Waals surface area contributed by atoms with Crippen molar-refractivity contribution in [3.63, 3.8) is 0 Å². The molecule has 31 heavy (non-hydrogen) atoms. The van der Waals surface area contributed by atoms with Crippen molar-refractivity contribution in [3.8, 4) is 11.4 Å². The highest BCUT2D eigenvalue weighted by Gasteiger charge is 2.18. The van der Waals surface area contributed by atoms with Crippen LogP contribution in [0.5, 0.6) is 0 Å². The topological polar surface area (TPSA) is 117 Å². The summed E-state index contributed by atoms with van der Waals surface area (Å²) >= 11 is 0. The molecule has 2 heterocycles. The van der Waals surface area contributed by atoms with Gasteiger partial charge in [-0.15, -0.1) is 5.10 Å². The van der Waals surface area contributed by atoms with Crippen molar-refractivity contribution in [3.05, 3.63) is 77.9 Å². The van der Waals surface area contributed by atoms with Crippen molar-refractivity contribution in [1.29, 1.82) is 0 Å². The lowest BCUT2D eigenvalue weighted by Gasteiger charge is -2.10. The van der Waals surface area contributed by atoms with E-state index < -0.39 is 18.5 Å². The number of nitrogens with one attached hydrogen (secondary N) is 1. The van der Waals surface area contributed by atoms with Crippen LogP contribution in [-0.4, -0.2) is 48.5 Å². The number of anilines is 1. The molecule has 0 aliphatic heterocycles. The summed E-state index contributed by atoms with van der Waals surface area (Å²) in [5.41, 5.74) is 3.59. The van der Waals surface area contributed by atoms with Crippen LogP contribution >= 0.6 is 0 Å². The molecule has 1 amide bonds. The van der Waals surface area contributed by atoms with E-state index >= 15 is 0 Å². The van der Waals surface area contributed by atoms with E-state index in [9.17, 15) is 9.59 Å². The lowest BCUT2D eigenvalue weighted by atomic mass is 10.2. The number of para-hydroxylation sites is 2. The molecule has 0 unspecified atom stereocenters. The van der Waals surface area contributed by atoms with Gasteiger partial charge < -0.3 is 10.1 Å². The highest BCUT2D eigenvalue weighted by Crippen LogP contribution is 2.22. The Morgan fingerprint density at radius 1 is 1.03 bits per heavy atom. The van der Waals surface area contributed by atoms with Crippen molar-refractivity contribution in [2.24, 2.45) is 0 Å². The fraction of sp³-hybridized carbons (Fsp3) is 0.143. The molecule has 0 atom stereocenters. The standard InChI is InChI=1S/C21H19N7O3/c1-14-20(15(2)28(24-14)16-8-4-3-5-9-16)23-19(29)12-31-21(30)17-10-6-7-11-18(17)27-13-22-25-26-27/h3-11,13H,12H2,1-2H3,(H,23,29). The van der Waals surface area contributed by atoms with E-state index in [-0.39, 0.29) is 5.56 Å². The Kier molecular flexibility index (Phi) is 5.52. The van der Waals surface area contributed by atoms with E-state index in [1.54, 1.807) is 35.9 Å². The normalized spacial score (nSPS) is 10.6. The van der Waals surface area contributed by atoms with Crippen LogP contribution in [0.3, 0.4) is 0 Å². The summed E-state index contributed by atoms with van der Waals surface area (Å²) in [6, 6.07) is 16.3. The summed E-state index contributed by atoms with van der Waals surface area (Å²) in [6.07, 6.45) is 1.37. The van der Waals surface area contributed by atoms with Gasteiger partial charge in [-0.05, 0) is 48.5 Å². The number of ether oxygens (including phenoxy) is 1. The first kappa shape index (κ1) is 20.0. The van der Waals surface area contributed by atoms with Crippen molar-refractivity contribution in [2.45, 2.75) is 13.8 Å². The minimum absolute atomic E-state index is 0.242. The number of carbonyl (C=O) groups excluding carboxylic acids is 2. The minimum atomic E-state index is -0.658. The number of aryl methyl sites for hydroxylation is 1. The number of rotatable bonds is 6. The van der Waals surface area contributed by atoms with Gasteiger partial charge in [-0.3, -0.25) is 4.79 Å². The van der Waals surface area contributed by atoms with Gasteiger partial charge in [0, 0.05) is 0 Å². The Bertz CT molecular complexity index is 1220. The quantitative estimate of drug-likeness (QED) is 0.478. The summed E-state index contributed by atoms with van der Waals surface area (Å²) in [5.74, 6) is -1.12. The first-order valence-corrected chi connectivity index (χ1v) is 9.45. The van der Waals surface area contributed by atoms with E-state index in [2.05, 4.69) is 25.9 Å². The molecular formula is C21H19N7O3. The smallest absolute Gasteiger partial charge is 0.340 e. The predicted octanol–water partition coefficient (Wildman–Crippen LogP) is 2.26. The lowest BCUT2D eigenvalue weighted by Crippen LogP contribution is -2.22. The SMILES string of the molecule is Cc1nn(-c2ccccc2)c(C)c1NC(=O)COC(=O)c1ccccc1-n1cnnn1. The fourth-order valence-corrected chi connectivity index (χ4v) is 3.15. The van der Waals surface area contributed by atoms with E-state index in [1.807, 2.05) is 37.3 Å². The predicted molar refractivity (Wildman–Crippen MR) is 111 cm³/mol. The zero-order chi connectivity index (χ0) is 21.8. The Hall–Kier alpha value is -4.34. The molecule has 0 spiro atoms. The molecule has 2 aromatic carbocycles. The van der Waals surface area contributed by atoms with E-state index in [4.69, 9.17) is 4.74 Å². The molecule has 156 valence electrons. The zero-order valence-corrected chi connectivity index (χ0v) is 16.9. The van der Waals surface area contributed by atoms with Crippen LogP contribution in [0.2, 0.25) is 0 Å². The average molecular weight is 417 g/mol. The molecular weight excluding hydrogens is 398 g/mol. The summed E-state index contributed by atoms with van der Waals surface area (Å²) in [4.78, 5) is 25.0. The molecule has 0 aliphatic carbocycles. The molecule has 0 fully saturated rings. The number of hydrogen-bond acceptors (Lipinski definition) is 7. The molecule has 10 nitrogen and oxygen atoms in total. The van der Waals surface area contributed by atoms with Crippen LogP contribution in [0.1, 0.15) is 21.7 Å². The third-order valence-corrected chi connectivity index (χ3v) is 4.61. The number of benzene rings is 2. The highest BCUT2D eigenvalue weighted by atomic mass is 16.5. The van der Waals surface area contributed by atoms with Gasteiger partial charge in [-0.2, -0.15) is 9.78 Å². The fourth-order valence-electron chi connectivity index (χ4n) is 3.15. The summed E-state index contributed by atoms with van der Waals surface area (Å²) in [6.45, 7) is 3.21. The Labute approximate surface area is 177 Å². The van der Waals surface area contributed by atoms with Crippen LogP contribution < -0.4 is 5.32 Å². The molecule has 0 aliphatic rings. The minimum Gasteiger partial charge on any atom is -0.452 e. The number of aromatic nitrogens is 6. The number of carbonyl (C=O) groups is 2. The average Bonchev–Trinajstić information content (AvgIpc) is 3.42. The van der Waals surface area contributed by atoms with Gasteiger partial charge in [0.2, 0.25) is 0 Å². The second-order valence-electron chi connectivity index (χ2n) is 6.69. The first-order valence-electron chi connectivity index (χ1n) is 9.45. The Morgan fingerprint density at radius 3 is 2.52 bits per heavy atom. The van der Waals surface area contributed by atoms with Gasteiger partial charge in [0.15, 0.2) is 6.61 Å². The van der Waals surface area contributed by atoms with E-state index in [0.29, 0.717) is 17.1 Å². The summed E-state index contributed by atoms with van der Waals surface area (Å²) < 4.78 is 8.31. The Morgan fingerprint density at radius 2 is 1.77 bits per heavy atom. The molecule has 4 aromatic rings. The van der Waals surface area contributed by atoms with Crippen molar-refractivity contribution < 1.29 is 14.3 Å². The largest absolute Gasteiger partial charge is 0.452 e. The van der Waals surface area contributed by atoms with E-state index in [1.165, 1.54) is 11.0 Å². The maximum absolute atomic E-state index is 12.5. The molecule has 0 radical (unpaired) electrons. The van der Waals surface area contributed by atoms with Crippen LogP contribution in [0, 0.1) is 13.8 Å². The second-order valence-corrected chi connectivity index (χ2v) is 6.69. The third-order valence-electron chi connectivity index (χ3n) is 4.61. The van der Waals surface area contributed by atoms with Crippen molar-refractivity contribution in [2.75, 3.05) is 11.9 Å². The van der Waals surface area contributed by atoms with E-state index in [0.717, 1.165) is 11.4 Å². The summed E-state index contributed by atoms with van der Waals surface area (Å²) in [5, 5.41) is 18.2. The number of amides is 1. The molecule has 10 heteroatoms. The molecule has 0 bridgehead atoms. The molecule has 1 N–H and O–H groups in total. The lowest BCUT2D eigenvalue weighted by molar-refractivity contribution is -0.119. The van der Waals surface area contributed by atoms with Crippen molar-refractivity contribution in [1.82, 2.24) is 30.0 Å². The number of hydrogen-bond donors (Lipinski definition) is 1. The molecule has 4 rings (SSSR count). The summed E-state index contributed by atoms with van der Waals surface area (Å²) in [7, 11) is 0. The monoisotopic (exact) mass is 417 g/mol. The van der Waals surface area contributed by atoms with Gasteiger partial charge >= 0.3 is 5.97 Å². The van der Waals surface area contributed by atoms with Gasteiger partial charge in [0.05, 0.1) is 34.0 Å². The highest BCUT2D eigenvalue weighted by molar-refractivity contribution is 5.97. The van der Waals surface area contributed by atoms with Crippen LogP contribution in [0.25, 0.3) is 11.4 Å². The number of esters is 1. The zero-order valence-electron chi connectivity index (χ0n) is 16.9.